The molecule has 23 heavy (non-hydrogen) atoms. The van der Waals surface area contributed by atoms with Crippen LogP contribution in [0.5, 0.6) is 0 Å². The predicted molar refractivity (Wildman–Crippen MR) is 82.9 cm³/mol. The first-order valence-electron chi connectivity index (χ1n) is 7.73. The minimum atomic E-state index is -4.29. The number of urea groups is 1. The van der Waals surface area contributed by atoms with Gasteiger partial charge < -0.3 is 5.32 Å². The molecule has 0 unspecified atom stereocenters. The van der Waals surface area contributed by atoms with E-state index in [4.69, 9.17) is 11.6 Å². The van der Waals surface area contributed by atoms with Gasteiger partial charge in [-0.3, -0.25) is 4.90 Å². The topological polar surface area (TPSA) is 32.3 Å². The lowest BCUT2D eigenvalue weighted by atomic mass is 9.85. The van der Waals surface area contributed by atoms with Gasteiger partial charge in [0.1, 0.15) is 0 Å². The van der Waals surface area contributed by atoms with E-state index in [1.165, 1.54) is 4.90 Å². The van der Waals surface area contributed by atoms with E-state index in [9.17, 15) is 18.0 Å². The zero-order valence-corrected chi connectivity index (χ0v) is 13.3. The zero-order valence-electron chi connectivity index (χ0n) is 12.5. The van der Waals surface area contributed by atoms with E-state index in [0.717, 1.165) is 5.56 Å². The first-order valence-corrected chi connectivity index (χ1v) is 8.11. The van der Waals surface area contributed by atoms with Gasteiger partial charge in [-0.25, -0.2) is 4.79 Å². The summed E-state index contributed by atoms with van der Waals surface area (Å²) in [7, 11) is 0. The van der Waals surface area contributed by atoms with Crippen LogP contribution in [0.4, 0.5) is 23.7 Å². The van der Waals surface area contributed by atoms with Gasteiger partial charge in [-0.1, -0.05) is 30.5 Å². The highest BCUT2D eigenvalue weighted by molar-refractivity contribution is 6.31. The molecule has 1 aliphatic carbocycles. The van der Waals surface area contributed by atoms with Crippen LogP contribution in [-0.4, -0.2) is 25.3 Å². The number of carbonyl (C=O) groups excluding carboxylic acids is 1. The number of hydrogen-bond acceptors (Lipinski definition) is 1. The van der Waals surface area contributed by atoms with Gasteiger partial charge in [-0.15, -0.1) is 0 Å². The van der Waals surface area contributed by atoms with Crippen LogP contribution in [-0.2, 0) is 6.42 Å². The van der Waals surface area contributed by atoms with Gasteiger partial charge in [0.05, 0.1) is 11.1 Å². The van der Waals surface area contributed by atoms with Crippen molar-refractivity contribution in [3.8, 4) is 0 Å². The molecule has 126 valence electrons. The zero-order chi connectivity index (χ0) is 16.7. The molecule has 1 heterocycles. The highest BCUT2D eigenvalue weighted by Gasteiger charge is 2.55. The first-order chi connectivity index (χ1) is 10.8. The third-order valence-electron chi connectivity index (χ3n) is 4.93. The van der Waals surface area contributed by atoms with Gasteiger partial charge in [0.25, 0.3) is 0 Å². The molecular weight excluding hydrogens is 329 g/mol. The van der Waals surface area contributed by atoms with E-state index >= 15 is 0 Å². The number of benzene rings is 1. The van der Waals surface area contributed by atoms with E-state index in [-0.39, 0.29) is 19.4 Å². The lowest BCUT2D eigenvalue weighted by molar-refractivity contribution is -0.219. The Morgan fingerprint density at radius 3 is 2.65 bits per heavy atom. The number of nitrogens with one attached hydrogen (secondary N) is 1. The van der Waals surface area contributed by atoms with E-state index in [2.05, 4.69) is 5.32 Å². The summed E-state index contributed by atoms with van der Waals surface area (Å²) >= 11 is 5.95. The van der Waals surface area contributed by atoms with Crippen molar-refractivity contribution >= 4 is 23.3 Å². The van der Waals surface area contributed by atoms with Gasteiger partial charge in [0.2, 0.25) is 0 Å². The molecule has 1 aromatic carbocycles. The Kier molecular flexibility index (Phi) is 4.21. The quantitative estimate of drug-likeness (QED) is 0.838. The summed E-state index contributed by atoms with van der Waals surface area (Å²) in [6.07, 6.45) is -2.33. The summed E-state index contributed by atoms with van der Waals surface area (Å²) in [4.78, 5) is 13.8. The summed E-state index contributed by atoms with van der Waals surface area (Å²) in [5.74, 6) is 0. The number of anilines is 1. The number of amides is 2. The summed E-state index contributed by atoms with van der Waals surface area (Å²) in [6.45, 7) is 0.0995. The van der Waals surface area contributed by atoms with E-state index in [1.54, 1.807) is 12.1 Å². The summed E-state index contributed by atoms with van der Waals surface area (Å²) in [5.41, 5.74) is -0.113. The predicted octanol–water partition coefficient (Wildman–Crippen LogP) is 4.53. The fourth-order valence-electron chi connectivity index (χ4n) is 3.52. The number of alkyl halides is 3. The van der Waals surface area contributed by atoms with Crippen molar-refractivity contribution in [3.05, 3.63) is 28.8 Å². The fraction of sp³-hybridized carbons (Fsp3) is 0.562. The van der Waals surface area contributed by atoms with Crippen molar-refractivity contribution < 1.29 is 18.0 Å². The maximum Gasteiger partial charge on any atom is 0.396 e. The minimum absolute atomic E-state index is 0.0825. The Balaban J connectivity index is 1.70. The van der Waals surface area contributed by atoms with Gasteiger partial charge in [-0.2, -0.15) is 13.2 Å². The summed E-state index contributed by atoms with van der Waals surface area (Å²) in [5, 5.41) is 3.00. The highest BCUT2D eigenvalue weighted by atomic mass is 35.5. The maximum absolute atomic E-state index is 13.4. The molecule has 0 radical (unpaired) electrons. The minimum Gasteiger partial charge on any atom is -0.337 e. The lowest BCUT2D eigenvalue weighted by Crippen LogP contribution is -2.49. The second-order valence-corrected chi connectivity index (χ2v) is 6.76. The number of nitrogens with zero attached hydrogens (tertiary/aromatic N) is 1. The van der Waals surface area contributed by atoms with Crippen LogP contribution in [0.3, 0.4) is 0 Å². The molecule has 1 aliphatic heterocycles. The normalized spacial score (nSPS) is 19.7. The van der Waals surface area contributed by atoms with Crippen LogP contribution in [0.2, 0.25) is 5.02 Å². The van der Waals surface area contributed by atoms with Crippen molar-refractivity contribution in [2.24, 2.45) is 5.41 Å². The molecule has 0 bridgehead atoms. The van der Waals surface area contributed by atoms with Crippen molar-refractivity contribution in [1.29, 1.82) is 0 Å². The monoisotopic (exact) mass is 346 g/mol. The molecule has 7 heteroatoms. The van der Waals surface area contributed by atoms with Crippen LogP contribution in [0.25, 0.3) is 0 Å². The van der Waals surface area contributed by atoms with Crippen LogP contribution in [0, 0.1) is 5.41 Å². The highest BCUT2D eigenvalue weighted by Crippen LogP contribution is 2.50. The van der Waals surface area contributed by atoms with Crippen LogP contribution < -0.4 is 10.2 Å². The van der Waals surface area contributed by atoms with E-state index in [1.807, 2.05) is 6.07 Å². The Bertz CT molecular complexity index is 612. The first kappa shape index (κ1) is 16.4. The van der Waals surface area contributed by atoms with Crippen molar-refractivity contribution in [3.63, 3.8) is 0 Å². The average molecular weight is 347 g/mol. The Morgan fingerprint density at radius 1 is 1.30 bits per heavy atom. The molecule has 3 nitrogen and oxygen atoms in total. The molecule has 0 aromatic heterocycles. The third-order valence-corrected chi connectivity index (χ3v) is 5.16. The average Bonchev–Trinajstić information content (AvgIpc) is 3.11. The fourth-order valence-corrected chi connectivity index (χ4v) is 3.68. The second kappa shape index (κ2) is 5.89. The molecule has 1 N–H and O–H groups in total. The molecule has 0 atom stereocenters. The van der Waals surface area contributed by atoms with Crippen LogP contribution in [0.1, 0.15) is 31.2 Å². The molecule has 2 aliphatic rings. The molecule has 1 fully saturated rings. The lowest BCUT2D eigenvalue weighted by Gasteiger charge is -2.32. The second-order valence-electron chi connectivity index (χ2n) is 6.32. The largest absolute Gasteiger partial charge is 0.396 e. The number of carbonyl (C=O) groups is 1. The molecule has 0 spiro atoms. The van der Waals surface area contributed by atoms with Crippen molar-refractivity contribution in [2.75, 3.05) is 18.0 Å². The van der Waals surface area contributed by atoms with Crippen LogP contribution in [0.15, 0.2) is 18.2 Å². The Labute approximate surface area is 137 Å². The molecular formula is C16H18ClF3N2O. The molecule has 1 aromatic rings. The van der Waals surface area contributed by atoms with Gasteiger partial charge >= 0.3 is 12.2 Å². The van der Waals surface area contributed by atoms with Gasteiger partial charge in [0.15, 0.2) is 0 Å². The molecule has 3 rings (SSSR count). The van der Waals surface area contributed by atoms with E-state index < -0.39 is 17.6 Å². The Hall–Kier alpha value is -1.43. The SMILES string of the molecule is O=C(NCC1(C(F)(F)F)CCCC1)N1CCc2ccc(Cl)cc21. The third kappa shape index (κ3) is 3.01. The molecule has 2 amide bonds. The Morgan fingerprint density at radius 2 is 2.00 bits per heavy atom. The smallest absolute Gasteiger partial charge is 0.337 e. The van der Waals surface area contributed by atoms with Crippen LogP contribution >= 0.6 is 11.6 Å². The number of halogens is 4. The van der Waals surface area contributed by atoms with Crippen molar-refractivity contribution in [2.45, 2.75) is 38.3 Å². The van der Waals surface area contributed by atoms with Crippen molar-refractivity contribution in [1.82, 2.24) is 5.32 Å². The van der Waals surface area contributed by atoms with Gasteiger partial charge in [0, 0.05) is 18.1 Å². The number of rotatable bonds is 2. The van der Waals surface area contributed by atoms with E-state index in [0.29, 0.717) is 36.5 Å². The summed E-state index contributed by atoms with van der Waals surface area (Å²) in [6, 6.07) is 4.79. The standard InChI is InChI=1S/C16H18ClF3N2O/c17-12-4-3-11-5-8-22(13(11)9-12)14(23)21-10-15(16(18,19)20)6-1-2-7-15/h3-4,9H,1-2,5-8,10H2,(H,21,23). The van der Waals surface area contributed by atoms with Gasteiger partial charge in [-0.05, 0) is 37.0 Å². The molecule has 0 saturated heterocycles. The number of hydrogen-bond donors (Lipinski definition) is 1. The molecule has 1 saturated carbocycles. The maximum atomic E-state index is 13.4. The number of fused-ring (bicyclic) bond motifs is 1. The summed E-state index contributed by atoms with van der Waals surface area (Å²) < 4.78 is 40.1.